The maximum atomic E-state index is 13.1. The van der Waals surface area contributed by atoms with E-state index in [9.17, 15) is 13.6 Å². The van der Waals surface area contributed by atoms with Gasteiger partial charge in [-0.15, -0.1) is 0 Å². The van der Waals surface area contributed by atoms with Crippen LogP contribution in [0.3, 0.4) is 0 Å². The van der Waals surface area contributed by atoms with Gasteiger partial charge >= 0.3 is 0 Å². The van der Waals surface area contributed by atoms with Gasteiger partial charge in [-0.25, -0.2) is 8.78 Å². The zero-order chi connectivity index (χ0) is 16.1. The van der Waals surface area contributed by atoms with Gasteiger partial charge in [-0.05, 0) is 35.9 Å². The molecule has 116 valence electrons. The lowest BCUT2D eigenvalue weighted by molar-refractivity contribution is 0.0950. The molecule has 6 heteroatoms. The lowest BCUT2D eigenvalue weighted by Crippen LogP contribution is -2.23. The minimum atomic E-state index is -0.685. The van der Waals surface area contributed by atoms with Gasteiger partial charge in [0.25, 0.3) is 5.91 Å². The molecule has 0 fully saturated rings. The number of carbonyl (C=O) groups excluding carboxylic acids is 1. The van der Waals surface area contributed by atoms with Gasteiger partial charge in [0, 0.05) is 18.2 Å². The monoisotopic (exact) mass is 307 g/mol. The van der Waals surface area contributed by atoms with E-state index >= 15 is 0 Å². The van der Waals surface area contributed by atoms with E-state index in [4.69, 9.17) is 9.47 Å². The second kappa shape index (κ2) is 6.89. The van der Waals surface area contributed by atoms with Crippen molar-refractivity contribution in [2.75, 3.05) is 14.2 Å². The van der Waals surface area contributed by atoms with Gasteiger partial charge in [0.15, 0.2) is 11.5 Å². The third-order valence-electron chi connectivity index (χ3n) is 3.02. The summed E-state index contributed by atoms with van der Waals surface area (Å²) >= 11 is 0. The third-order valence-corrected chi connectivity index (χ3v) is 3.02. The topological polar surface area (TPSA) is 47.6 Å². The Hall–Kier alpha value is -2.63. The Morgan fingerprint density at radius 3 is 2.23 bits per heavy atom. The van der Waals surface area contributed by atoms with Crippen LogP contribution in [0.25, 0.3) is 0 Å². The first-order valence-corrected chi connectivity index (χ1v) is 6.48. The van der Waals surface area contributed by atoms with Gasteiger partial charge in [-0.2, -0.15) is 0 Å². The number of nitrogens with one attached hydrogen (secondary N) is 1. The molecule has 2 rings (SSSR count). The lowest BCUT2D eigenvalue weighted by atomic mass is 10.1. The summed E-state index contributed by atoms with van der Waals surface area (Å²) in [5.74, 6) is -0.824. The molecule has 0 saturated carbocycles. The molecule has 0 heterocycles. The van der Waals surface area contributed by atoms with Gasteiger partial charge in [-0.3, -0.25) is 4.79 Å². The zero-order valence-electron chi connectivity index (χ0n) is 12.2. The minimum Gasteiger partial charge on any atom is -0.493 e. The van der Waals surface area contributed by atoms with Crippen molar-refractivity contribution in [3.8, 4) is 11.5 Å². The quantitative estimate of drug-likeness (QED) is 0.924. The van der Waals surface area contributed by atoms with Crippen LogP contribution in [0.4, 0.5) is 8.78 Å². The van der Waals surface area contributed by atoms with Crippen molar-refractivity contribution in [1.29, 1.82) is 0 Å². The van der Waals surface area contributed by atoms with E-state index < -0.39 is 11.6 Å². The van der Waals surface area contributed by atoms with Gasteiger partial charge in [0.05, 0.1) is 14.2 Å². The molecule has 0 atom stereocenters. The molecule has 0 aromatic heterocycles. The summed E-state index contributed by atoms with van der Waals surface area (Å²) in [6.45, 7) is 0.0157. The third kappa shape index (κ3) is 3.72. The molecule has 0 aliphatic carbocycles. The first kappa shape index (κ1) is 15.8. The first-order chi connectivity index (χ1) is 10.5. The molecule has 0 spiro atoms. The highest BCUT2D eigenvalue weighted by Gasteiger charge is 2.11. The predicted molar refractivity (Wildman–Crippen MR) is 77.1 cm³/mol. The van der Waals surface area contributed by atoms with E-state index in [2.05, 4.69) is 5.32 Å². The molecular weight excluding hydrogens is 292 g/mol. The van der Waals surface area contributed by atoms with E-state index in [1.165, 1.54) is 20.3 Å². The average Bonchev–Trinajstić information content (AvgIpc) is 2.51. The summed E-state index contributed by atoms with van der Waals surface area (Å²) in [5.41, 5.74) is 0.695. The molecule has 2 aromatic rings. The average molecular weight is 307 g/mol. The van der Waals surface area contributed by atoms with Crippen molar-refractivity contribution in [3.63, 3.8) is 0 Å². The summed E-state index contributed by atoms with van der Waals surface area (Å²) in [5, 5.41) is 2.59. The fraction of sp³-hybridized carbons (Fsp3) is 0.188. The molecule has 0 radical (unpaired) electrons. The van der Waals surface area contributed by atoms with Gasteiger partial charge < -0.3 is 14.8 Å². The molecule has 0 aliphatic rings. The number of hydrogen-bond acceptors (Lipinski definition) is 3. The van der Waals surface area contributed by atoms with Crippen molar-refractivity contribution in [3.05, 3.63) is 59.2 Å². The highest BCUT2D eigenvalue weighted by atomic mass is 19.1. The van der Waals surface area contributed by atoms with Crippen molar-refractivity contribution >= 4 is 5.91 Å². The van der Waals surface area contributed by atoms with Crippen LogP contribution in [0, 0.1) is 11.6 Å². The van der Waals surface area contributed by atoms with Crippen LogP contribution in [-0.2, 0) is 6.54 Å². The van der Waals surface area contributed by atoms with Gasteiger partial charge in [0.2, 0.25) is 0 Å². The molecule has 0 aliphatic heterocycles. The summed E-state index contributed by atoms with van der Waals surface area (Å²) in [7, 11) is 2.96. The largest absolute Gasteiger partial charge is 0.493 e. The number of halogens is 2. The Morgan fingerprint density at radius 1 is 1.00 bits per heavy atom. The second-order valence-electron chi connectivity index (χ2n) is 4.53. The Kier molecular flexibility index (Phi) is 4.93. The summed E-state index contributed by atoms with van der Waals surface area (Å²) < 4.78 is 36.4. The van der Waals surface area contributed by atoms with Crippen LogP contribution in [0.2, 0.25) is 0 Å². The van der Waals surface area contributed by atoms with Crippen molar-refractivity contribution in [1.82, 2.24) is 5.32 Å². The Labute approximate surface area is 126 Å². The fourth-order valence-electron chi connectivity index (χ4n) is 1.97. The van der Waals surface area contributed by atoms with Gasteiger partial charge in [0.1, 0.15) is 11.6 Å². The number of amides is 1. The van der Waals surface area contributed by atoms with E-state index in [-0.39, 0.29) is 12.5 Å². The number of rotatable bonds is 5. The highest BCUT2D eigenvalue weighted by molar-refractivity contribution is 5.94. The summed E-state index contributed by atoms with van der Waals surface area (Å²) in [6, 6.07) is 7.81. The number of benzene rings is 2. The molecule has 4 nitrogen and oxygen atoms in total. The Balaban J connectivity index is 2.09. The first-order valence-electron chi connectivity index (χ1n) is 6.48. The zero-order valence-corrected chi connectivity index (χ0v) is 12.2. The Bertz CT molecular complexity index is 669. The van der Waals surface area contributed by atoms with E-state index in [1.54, 1.807) is 12.1 Å². The van der Waals surface area contributed by atoms with Crippen LogP contribution in [0.5, 0.6) is 11.5 Å². The second-order valence-corrected chi connectivity index (χ2v) is 4.53. The highest BCUT2D eigenvalue weighted by Crippen LogP contribution is 2.27. The van der Waals surface area contributed by atoms with E-state index in [0.29, 0.717) is 22.6 Å². The Morgan fingerprint density at radius 2 is 1.64 bits per heavy atom. The van der Waals surface area contributed by atoms with Crippen LogP contribution >= 0.6 is 0 Å². The van der Waals surface area contributed by atoms with Crippen LogP contribution in [-0.4, -0.2) is 20.1 Å². The lowest BCUT2D eigenvalue weighted by Gasteiger charge is -2.10. The maximum absolute atomic E-state index is 13.1. The predicted octanol–water partition coefficient (Wildman–Crippen LogP) is 2.91. The normalized spacial score (nSPS) is 10.2. The molecule has 0 saturated heterocycles. The van der Waals surface area contributed by atoms with E-state index in [1.807, 2.05) is 0 Å². The van der Waals surface area contributed by atoms with Gasteiger partial charge in [-0.1, -0.05) is 0 Å². The summed E-state index contributed by atoms with van der Waals surface area (Å²) in [6.07, 6.45) is 0. The van der Waals surface area contributed by atoms with Crippen LogP contribution < -0.4 is 14.8 Å². The number of carbonyl (C=O) groups is 1. The minimum absolute atomic E-state index is 0.0157. The molecular formula is C16H15F2NO3. The number of methoxy groups -OCH3 is 2. The molecule has 1 N–H and O–H groups in total. The standard InChI is InChI=1S/C16H15F2NO3/c1-21-14-4-3-11(7-15(14)22-2)16(20)19-9-10-5-12(17)8-13(18)6-10/h3-8H,9H2,1-2H3,(H,19,20). The molecule has 22 heavy (non-hydrogen) atoms. The van der Waals surface area contributed by atoms with E-state index in [0.717, 1.165) is 18.2 Å². The van der Waals surface area contributed by atoms with Crippen LogP contribution in [0.15, 0.2) is 36.4 Å². The number of hydrogen-bond donors (Lipinski definition) is 1. The molecule has 2 aromatic carbocycles. The number of ether oxygens (including phenoxy) is 2. The van der Waals surface area contributed by atoms with Crippen LogP contribution in [0.1, 0.15) is 15.9 Å². The van der Waals surface area contributed by atoms with Crippen molar-refractivity contribution in [2.45, 2.75) is 6.54 Å². The molecule has 1 amide bonds. The molecule has 0 unspecified atom stereocenters. The summed E-state index contributed by atoms with van der Waals surface area (Å²) in [4.78, 5) is 12.1. The smallest absolute Gasteiger partial charge is 0.251 e. The molecule has 0 bridgehead atoms. The fourth-order valence-corrected chi connectivity index (χ4v) is 1.97. The van der Waals surface area contributed by atoms with Crippen molar-refractivity contribution in [2.24, 2.45) is 0 Å². The maximum Gasteiger partial charge on any atom is 0.251 e. The van der Waals surface area contributed by atoms with Crippen molar-refractivity contribution < 1.29 is 23.0 Å². The SMILES string of the molecule is COc1ccc(C(=O)NCc2cc(F)cc(F)c2)cc1OC.